The highest BCUT2D eigenvalue weighted by Crippen LogP contribution is 2.39. The van der Waals surface area contributed by atoms with E-state index in [1.807, 2.05) is 71.6 Å². The number of amides is 1. The minimum absolute atomic E-state index is 0.0103. The molecule has 0 radical (unpaired) electrons. The van der Waals surface area contributed by atoms with Crippen molar-refractivity contribution < 1.29 is 9.53 Å². The molecule has 0 saturated carbocycles. The number of benzene rings is 3. The van der Waals surface area contributed by atoms with E-state index in [4.69, 9.17) is 4.74 Å². The molecule has 152 valence electrons. The molecule has 1 aliphatic rings. The van der Waals surface area contributed by atoms with Crippen LogP contribution < -0.4 is 15.0 Å². The number of rotatable bonds is 5. The van der Waals surface area contributed by atoms with Crippen LogP contribution in [0, 0.1) is 0 Å². The van der Waals surface area contributed by atoms with Crippen molar-refractivity contribution in [3.8, 4) is 5.75 Å². The summed E-state index contributed by atoms with van der Waals surface area (Å²) in [6.07, 6.45) is 4.35. The Bertz CT molecular complexity index is 1030. The standard InChI is InChI=1S/C26H26N2O2/c1-19-18-24(27-21-8-4-3-5-9-21)23-10-6-7-11-25(23)28(19)26(29)17-14-20-12-15-22(30-2)16-13-20/h3-17,19,24,27H,18H2,1-2H3/b17-14+/t19-,24+/m1/s1. The number of hydrogen-bond acceptors (Lipinski definition) is 3. The van der Waals surface area contributed by atoms with E-state index in [0.717, 1.165) is 34.7 Å². The lowest BCUT2D eigenvalue weighted by atomic mass is 9.91. The molecule has 30 heavy (non-hydrogen) atoms. The van der Waals surface area contributed by atoms with E-state index in [1.54, 1.807) is 13.2 Å². The number of hydrogen-bond donors (Lipinski definition) is 1. The van der Waals surface area contributed by atoms with Gasteiger partial charge in [0.2, 0.25) is 0 Å². The van der Waals surface area contributed by atoms with Crippen molar-refractivity contribution in [1.82, 2.24) is 0 Å². The zero-order valence-corrected chi connectivity index (χ0v) is 17.3. The van der Waals surface area contributed by atoms with Crippen molar-refractivity contribution in [2.45, 2.75) is 25.4 Å². The molecule has 1 heterocycles. The number of ether oxygens (including phenoxy) is 1. The first-order chi connectivity index (χ1) is 14.7. The molecule has 0 aliphatic carbocycles. The number of anilines is 2. The normalized spacial score (nSPS) is 18.1. The Labute approximate surface area is 177 Å². The Morgan fingerprint density at radius 3 is 2.43 bits per heavy atom. The van der Waals surface area contributed by atoms with E-state index in [1.165, 1.54) is 0 Å². The van der Waals surface area contributed by atoms with Crippen molar-refractivity contribution in [2.75, 3.05) is 17.3 Å². The molecule has 1 amide bonds. The van der Waals surface area contributed by atoms with Crippen LogP contribution in [-0.4, -0.2) is 19.1 Å². The molecular weight excluding hydrogens is 372 g/mol. The van der Waals surface area contributed by atoms with Crippen LogP contribution in [0.3, 0.4) is 0 Å². The number of carbonyl (C=O) groups is 1. The Morgan fingerprint density at radius 2 is 1.70 bits per heavy atom. The van der Waals surface area contributed by atoms with Gasteiger partial charge in [-0.05, 0) is 60.9 Å². The first kappa shape index (κ1) is 19.8. The number of nitrogens with zero attached hydrogens (tertiary/aromatic N) is 1. The summed E-state index contributed by atoms with van der Waals surface area (Å²) in [6.45, 7) is 2.11. The molecule has 4 heteroatoms. The molecule has 0 aromatic heterocycles. The van der Waals surface area contributed by atoms with Crippen LogP contribution in [-0.2, 0) is 4.79 Å². The van der Waals surface area contributed by atoms with Crippen LogP contribution in [0.5, 0.6) is 5.75 Å². The Kier molecular flexibility index (Phi) is 5.84. The predicted molar refractivity (Wildman–Crippen MR) is 123 cm³/mol. The zero-order valence-electron chi connectivity index (χ0n) is 17.3. The van der Waals surface area contributed by atoms with Crippen LogP contribution in [0.4, 0.5) is 11.4 Å². The molecule has 4 rings (SSSR count). The first-order valence-electron chi connectivity index (χ1n) is 10.2. The molecule has 0 fully saturated rings. The molecular formula is C26H26N2O2. The highest BCUT2D eigenvalue weighted by molar-refractivity contribution is 6.05. The number of nitrogens with one attached hydrogen (secondary N) is 1. The second-order valence-electron chi connectivity index (χ2n) is 7.52. The largest absolute Gasteiger partial charge is 0.497 e. The number of fused-ring (bicyclic) bond motifs is 1. The molecule has 3 aromatic carbocycles. The van der Waals surface area contributed by atoms with Gasteiger partial charge in [-0.15, -0.1) is 0 Å². The van der Waals surface area contributed by atoms with E-state index in [2.05, 4.69) is 30.4 Å². The summed E-state index contributed by atoms with van der Waals surface area (Å²) >= 11 is 0. The molecule has 0 spiro atoms. The van der Waals surface area contributed by atoms with Gasteiger partial charge in [-0.2, -0.15) is 0 Å². The zero-order chi connectivity index (χ0) is 20.9. The smallest absolute Gasteiger partial charge is 0.251 e. The average Bonchev–Trinajstić information content (AvgIpc) is 2.78. The van der Waals surface area contributed by atoms with Gasteiger partial charge in [0.25, 0.3) is 5.91 Å². The van der Waals surface area contributed by atoms with Crippen molar-refractivity contribution in [2.24, 2.45) is 0 Å². The van der Waals surface area contributed by atoms with Crippen molar-refractivity contribution in [3.63, 3.8) is 0 Å². The van der Waals surface area contributed by atoms with Gasteiger partial charge in [-0.1, -0.05) is 48.5 Å². The van der Waals surface area contributed by atoms with Gasteiger partial charge in [0.15, 0.2) is 0 Å². The van der Waals surface area contributed by atoms with E-state index < -0.39 is 0 Å². The van der Waals surface area contributed by atoms with Gasteiger partial charge in [0, 0.05) is 23.5 Å². The summed E-state index contributed by atoms with van der Waals surface area (Å²) in [5.74, 6) is 0.790. The third kappa shape index (κ3) is 4.23. The minimum Gasteiger partial charge on any atom is -0.497 e. The summed E-state index contributed by atoms with van der Waals surface area (Å²) in [7, 11) is 1.64. The van der Waals surface area contributed by atoms with Gasteiger partial charge in [0.05, 0.1) is 13.2 Å². The Balaban J connectivity index is 1.57. The molecule has 0 saturated heterocycles. The highest BCUT2D eigenvalue weighted by atomic mass is 16.5. The summed E-state index contributed by atoms with van der Waals surface area (Å²) in [5.41, 5.74) is 4.16. The van der Waals surface area contributed by atoms with Gasteiger partial charge in [-0.3, -0.25) is 4.79 Å². The van der Waals surface area contributed by atoms with Crippen molar-refractivity contribution in [1.29, 1.82) is 0 Å². The predicted octanol–water partition coefficient (Wildman–Crippen LogP) is 5.69. The van der Waals surface area contributed by atoms with Gasteiger partial charge < -0.3 is 15.0 Å². The molecule has 1 aliphatic heterocycles. The maximum atomic E-state index is 13.1. The molecule has 1 N–H and O–H groups in total. The lowest BCUT2D eigenvalue weighted by Gasteiger charge is -2.39. The lowest BCUT2D eigenvalue weighted by Crippen LogP contribution is -2.43. The molecule has 0 unspecified atom stereocenters. The fourth-order valence-corrected chi connectivity index (χ4v) is 3.98. The second-order valence-corrected chi connectivity index (χ2v) is 7.52. The summed E-state index contributed by atoms with van der Waals surface area (Å²) in [6, 6.07) is 26.3. The maximum Gasteiger partial charge on any atom is 0.251 e. The summed E-state index contributed by atoms with van der Waals surface area (Å²) in [4.78, 5) is 15.0. The fraction of sp³-hybridized carbons (Fsp3) is 0.192. The van der Waals surface area contributed by atoms with Crippen molar-refractivity contribution >= 4 is 23.4 Å². The minimum atomic E-state index is -0.0103. The summed E-state index contributed by atoms with van der Waals surface area (Å²) in [5, 5.41) is 3.63. The molecule has 3 aromatic rings. The lowest BCUT2D eigenvalue weighted by molar-refractivity contribution is -0.114. The monoisotopic (exact) mass is 398 g/mol. The quantitative estimate of drug-likeness (QED) is 0.562. The second kappa shape index (κ2) is 8.87. The van der Waals surface area contributed by atoms with Crippen LogP contribution in [0.1, 0.15) is 30.5 Å². The van der Waals surface area contributed by atoms with Gasteiger partial charge in [0.1, 0.15) is 5.75 Å². The van der Waals surface area contributed by atoms with E-state index in [0.29, 0.717) is 0 Å². The third-order valence-electron chi connectivity index (χ3n) is 5.48. The van der Waals surface area contributed by atoms with E-state index >= 15 is 0 Å². The molecule has 0 bridgehead atoms. The maximum absolute atomic E-state index is 13.1. The Morgan fingerprint density at radius 1 is 1.00 bits per heavy atom. The van der Waals surface area contributed by atoms with Crippen LogP contribution in [0.15, 0.2) is 84.9 Å². The number of para-hydroxylation sites is 2. The third-order valence-corrected chi connectivity index (χ3v) is 5.48. The van der Waals surface area contributed by atoms with Gasteiger partial charge >= 0.3 is 0 Å². The first-order valence-corrected chi connectivity index (χ1v) is 10.2. The highest BCUT2D eigenvalue weighted by Gasteiger charge is 2.32. The van der Waals surface area contributed by atoms with Crippen LogP contribution in [0.25, 0.3) is 6.08 Å². The average molecular weight is 399 g/mol. The number of methoxy groups -OCH3 is 1. The molecule has 4 nitrogen and oxygen atoms in total. The number of carbonyl (C=O) groups excluding carboxylic acids is 1. The topological polar surface area (TPSA) is 41.6 Å². The Hall–Kier alpha value is -3.53. The fourth-order valence-electron chi connectivity index (χ4n) is 3.98. The van der Waals surface area contributed by atoms with Crippen LogP contribution >= 0.6 is 0 Å². The van der Waals surface area contributed by atoms with Crippen LogP contribution in [0.2, 0.25) is 0 Å². The summed E-state index contributed by atoms with van der Waals surface area (Å²) < 4.78 is 5.19. The SMILES string of the molecule is COc1ccc(/C=C/C(=O)N2c3ccccc3[C@@H](Nc3ccccc3)C[C@H]2C)cc1. The van der Waals surface area contributed by atoms with Crippen molar-refractivity contribution in [3.05, 3.63) is 96.1 Å². The van der Waals surface area contributed by atoms with E-state index in [-0.39, 0.29) is 18.0 Å². The van der Waals surface area contributed by atoms with E-state index in [9.17, 15) is 4.79 Å². The van der Waals surface area contributed by atoms with Gasteiger partial charge in [-0.25, -0.2) is 0 Å². The molecule has 2 atom stereocenters.